The van der Waals surface area contributed by atoms with E-state index in [1.54, 1.807) is 0 Å². The molecule has 0 aliphatic carbocycles. The van der Waals surface area contributed by atoms with Gasteiger partial charge in [0.25, 0.3) is 0 Å². The van der Waals surface area contributed by atoms with Crippen LogP contribution in [0.4, 0.5) is 0 Å². The number of hydrogen-bond donors (Lipinski definition) is 0. The fourth-order valence-corrected chi connectivity index (χ4v) is 18.8. The van der Waals surface area contributed by atoms with E-state index in [9.17, 15) is 0 Å². The summed E-state index contributed by atoms with van der Waals surface area (Å²) >= 11 is 0. The van der Waals surface area contributed by atoms with Gasteiger partial charge < -0.3 is 13.7 Å². The van der Waals surface area contributed by atoms with E-state index in [-0.39, 0.29) is 0 Å². The summed E-state index contributed by atoms with van der Waals surface area (Å²) in [6, 6.07) is 119. The lowest BCUT2D eigenvalue weighted by Crippen LogP contribution is -2.74. The first-order chi connectivity index (χ1) is 43.7. The fraction of sp³-hybridized carbons (Fsp3) is 0. The van der Waals surface area contributed by atoms with Crippen LogP contribution < -0.4 is 20.7 Å². The normalized spacial score (nSPS) is 11.9. The molecule has 0 N–H and O–H groups in total. The zero-order valence-corrected chi connectivity index (χ0v) is 48.9. The van der Waals surface area contributed by atoms with Gasteiger partial charge in [-0.2, -0.15) is 0 Å². The molecule has 7 heteroatoms. The van der Waals surface area contributed by atoms with Crippen LogP contribution in [0.15, 0.2) is 328 Å². The van der Waals surface area contributed by atoms with Gasteiger partial charge in [0.15, 0.2) is 25.5 Å². The molecule has 17 rings (SSSR count). The van der Waals surface area contributed by atoms with Crippen LogP contribution in [0.3, 0.4) is 0 Å². The lowest BCUT2D eigenvalue weighted by Gasteiger charge is -2.34. The van der Waals surface area contributed by atoms with Crippen molar-refractivity contribution in [3.8, 4) is 62.4 Å². The number of benzene rings is 13. The van der Waals surface area contributed by atoms with Gasteiger partial charge >= 0.3 is 0 Å². The third-order valence-electron chi connectivity index (χ3n) is 17.8. The molecule has 0 unspecified atom stereocenters. The fourth-order valence-electron chi connectivity index (χ4n) is 14.0. The molecule has 4 heterocycles. The zero-order chi connectivity index (χ0) is 58.1. The second-order valence-corrected chi connectivity index (χ2v) is 26.5. The highest BCUT2D eigenvalue weighted by atomic mass is 28.3. The predicted molar refractivity (Wildman–Crippen MR) is 368 cm³/mol. The summed E-state index contributed by atoms with van der Waals surface area (Å²) in [6.45, 7) is 0. The molecule has 17 aromatic rings. The lowest BCUT2D eigenvalue weighted by atomic mass is 9.98. The monoisotopic (exact) mass is 1140 g/mol. The number of aromatic nitrogens is 6. The topological polar surface area (TPSA) is 53.5 Å². The van der Waals surface area contributed by atoms with Crippen molar-refractivity contribution in [3.05, 3.63) is 328 Å². The van der Waals surface area contributed by atoms with Gasteiger partial charge in [0, 0.05) is 66.1 Å². The Labute approximate surface area is 509 Å². The third kappa shape index (κ3) is 8.20. The second-order valence-electron chi connectivity index (χ2n) is 22.7. The van der Waals surface area contributed by atoms with Crippen LogP contribution in [0.5, 0.6) is 0 Å². The van der Waals surface area contributed by atoms with Crippen LogP contribution >= 0.6 is 0 Å². The summed E-state index contributed by atoms with van der Waals surface area (Å²) in [5.41, 5.74) is 14.8. The molecule has 0 aliphatic rings. The van der Waals surface area contributed by atoms with E-state index in [0.717, 1.165) is 66.7 Å². The molecule has 0 saturated carbocycles. The van der Waals surface area contributed by atoms with Gasteiger partial charge in [-0.1, -0.05) is 255 Å². The van der Waals surface area contributed by atoms with Gasteiger partial charge in [-0.05, 0) is 105 Å². The average Bonchev–Trinajstić information content (AvgIpc) is 1.48. The Bertz CT molecular complexity index is 5070. The number of rotatable bonds is 11. The summed E-state index contributed by atoms with van der Waals surface area (Å²) in [6.07, 6.45) is 0. The molecule has 0 fully saturated rings. The summed E-state index contributed by atoms with van der Waals surface area (Å²) in [7, 11) is -2.94. The Morgan fingerprint density at radius 2 is 0.523 bits per heavy atom. The van der Waals surface area contributed by atoms with Gasteiger partial charge in [0.1, 0.15) is 0 Å². The van der Waals surface area contributed by atoms with Crippen molar-refractivity contribution < 1.29 is 0 Å². The molecule has 0 aliphatic heterocycles. The maximum atomic E-state index is 5.50. The Balaban J connectivity index is 0.943. The van der Waals surface area contributed by atoms with Crippen LogP contribution in [-0.2, 0) is 0 Å². The van der Waals surface area contributed by atoms with Crippen molar-refractivity contribution in [3.63, 3.8) is 0 Å². The van der Waals surface area contributed by atoms with E-state index in [2.05, 4.69) is 305 Å². The molecule has 0 saturated heterocycles. The standard InChI is InChI=1S/C81H54N6Si/c1-6-25-55(26-7-1)79-82-80(56-27-8-2-9-28-56)84-81(83-79)72-54-58(45-48-65(72)57-29-24-36-64(51-57)88(61-30-10-3-11-31-61,62-32-12-4-13-33-62)63-34-14-5-15-35-63)87-77-49-46-59(85-73-41-20-16-37-66(73)67-38-17-21-42-74(67)85)52-70(77)71-53-60(47-50-78(71)87)86-75-43-22-18-39-68(75)69-40-19-23-44-76(69)86/h1-54H. The van der Waals surface area contributed by atoms with Gasteiger partial charge in [-0.3, -0.25) is 0 Å². The maximum absolute atomic E-state index is 5.50. The highest BCUT2D eigenvalue weighted by molar-refractivity contribution is 7.20. The minimum absolute atomic E-state index is 0.579. The van der Waals surface area contributed by atoms with E-state index in [4.69, 9.17) is 15.0 Å². The predicted octanol–water partition coefficient (Wildman–Crippen LogP) is 17.2. The van der Waals surface area contributed by atoms with Crippen LogP contribution in [0, 0.1) is 0 Å². The van der Waals surface area contributed by atoms with Crippen molar-refractivity contribution in [2.24, 2.45) is 0 Å². The van der Waals surface area contributed by atoms with Crippen LogP contribution in [0.25, 0.3) is 128 Å². The Kier molecular flexibility index (Phi) is 12.1. The van der Waals surface area contributed by atoms with Crippen molar-refractivity contribution in [1.29, 1.82) is 0 Å². The SMILES string of the molecule is c1ccc(-c2nc(-c3ccccc3)nc(-c3cc(-n4c5ccc(-n6c7ccccc7c7ccccc76)cc5c5cc(-n6c7ccccc7c7ccccc76)ccc54)ccc3-c3cccc([Si](c4ccccc4)(c4ccccc4)c4ccccc4)c3)n2)cc1. The number of para-hydroxylation sites is 4. The van der Waals surface area contributed by atoms with Crippen molar-refractivity contribution >= 4 is 94.2 Å². The molecule has 0 radical (unpaired) electrons. The van der Waals surface area contributed by atoms with Crippen molar-refractivity contribution in [2.45, 2.75) is 0 Å². The minimum Gasteiger partial charge on any atom is -0.309 e. The molecule has 88 heavy (non-hydrogen) atoms. The first-order valence-electron chi connectivity index (χ1n) is 30.0. The highest BCUT2D eigenvalue weighted by Crippen LogP contribution is 2.42. The molecular weight excluding hydrogens is 1090 g/mol. The van der Waals surface area contributed by atoms with Gasteiger partial charge in [-0.15, -0.1) is 0 Å². The molecule has 4 aromatic heterocycles. The molecule has 412 valence electrons. The average molecular weight is 1140 g/mol. The number of fused-ring (bicyclic) bond motifs is 9. The summed E-state index contributed by atoms with van der Waals surface area (Å²) < 4.78 is 7.28. The third-order valence-corrected chi connectivity index (χ3v) is 22.6. The van der Waals surface area contributed by atoms with E-state index in [1.165, 1.54) is 64.4 Å². The van der Waals surface area contributed by atoms with E-state index < -0.39 is 8.07 Å². The van der Waals surface area contributed by atoms with Crippen molar-refractivity contribution in [1.82, 2.24) is 28.7 Å². The molecule has 13 aromatic carbocycles. The van der Waals surface area contributed by atoms with Crippen LogP contribution in [0.2, 0.25) is 0 Å². The number of nitrogens with zero attached hydrogens (tertiary/aromatic N) is 6. The zero-order valence-electron chi connectivity index (χ0n) is 47.9. The lowest BCUT2D eigenvalue weighted by molar-refractivity contribution is 1.07. The van der Waals surface area contributed by atoms with Crippen LogP contribution in [0.1, 0.15) is 0 Å². The Hall–Kier alpha value is -11.5. The van der Waals surface area contributed by atoms with E-state index >= 15 is 0 Å². The quantitative estimate of drug-likeness (QED) is 0.0958. The van der Waals surface area contributed by atoms with E-state index in [1.807, 2.05) is 36.4 Å². The summed E-state index contributed by atoms with van der Waals surface area (Å²) in [5, 5.41) is 12.4. The minimum atomic E-state index is -2.94. The highest BCUT2D eigenvalue weighted by Gasteiger charge is 2.41. The van der Waals surface area contributed by atoms with Crippen LogP contribution in [-0.4, -0.2) is 36.7 Å². The molecule has 0 atom stereocenters. The first kappa shape index (κ1) is 51.0. The number of hydrogen-bond acceptors (Lipinski definition) is 3. The Morgan fingerprint density at radius 3 is 0.943 bits per heavy atom. The van der Waals surface area contributed by atoms with Gasteiger partial charge in [0.05, 0.1) is 33.1 Å². The van der Waals surface area contributed by atoms with Gasteiger partial charge in [0.2, 0.25) is 0 Å². The van der Waals surface area contributed by atoms with E-state index in [0.29, 0.717) is 17.5 Å². The van der Waals surface area contributed by atoms with Gasteiger partial charge in [-0.25, -0.2) is 15.0 Å². The molecule has 0 bridgehead atoms. The molecule has 0 spiro atoms. The Morgan fingerprint density at radius 1 is 0.205 bits per heavy atom. The first-order valence-corrected chi connectivity index (χ1v) is 32.0. The maximum Gasteiger partial charge on any atom is 0.179 e. The summed E-state index contributed by atoms with van der Waals surface area (Å²) in [4.78, 5) is 16.2. The largest absolute Gasteiger partial charge is 0.309 e. The second kappa shape index (κ2) is 20.9. The molecular formula is C81H54N6Si. The molecule has 6 nitrogen and oxygen atoms in total. The smallest absolute Gasteiger partial charge is 0.179 e. The van der Waals surface area contributed by atoms with Crippen molar-refractivity contribution in [2.75, 3.05) is 0 Å². The molecule has 0 amide bonds. The summed E-state index contributed by atoms with van der Waals surface area (Å²) in [5.74, 6) is 1.78.